The first-order chi connectivity index (χ1) is 11.1. The highest BCUT2D eigenvalue weighted by atomic mass is 16.5. The van der Waals surface area contributed by atoms with E-state index in [2.05, 4.69) is 11.4 Å². The average Bonchev–Trinajstić information content (AvgIpc) is 2.88. The molecule has 1 aliphatic rings. The minimum atomic E-state index is 0. The third-order valence-electron chi connectivity index (χ3n) is 3.61. The monoisotopic (exact) mass is 323 g/mol. The lowest BCUT2D eigenvalue weighted by molar-refractivity contribution is 0.333. The summed E-state index contributed by atoms with van der Waals surface area (Å²) in [6.07, 6.45) is 0. The summed E-state index contributed by atoms with van der Waals surface area (Å²) in [6.45, 7) is 15.4. The number of rotatable bonds is 4. The van der Waals surface area contributed by atoms with Gasteiger partial charge < -0.3 is 19.6 Å². The molecule has 0 aliphatic carbocycles. The summed E-state index contributed by atoms with van der Waals surface area (Å²) in [5.41, 5.74) is 2.77. The van der Waals surface area contributed by atoms with E-state index in [0.29, 0.717) is 29.6 Å². The average molecular weight is 323 g/mol. The van der Waals surface area contributed by atoms with Crippen molar-refractivity contribution in [2.45, 2.75) is 20.4 Å². The van der Waals surface area contributed by atoms with Crippen LogP contribution in [0.4, 0.5) is 5.69 Å². The number of fused-ring (bicyclic) bond motifs is 1. The second kappa shape index (κ2) is 7.22. The van der Waals surface area contributed by atoms with Crippen LogP contribution in [0.3, 0.4) is 0 Å². The van der Waals surface area contributed by atoms with Gasteiger partial charge in [-0.2, -0.15) is 0 Å². The molecule has 0 saturated carbocycles. The van der Waals surface area contributed by atoms with E-state index in [1.54, 1.807) is 25.1 Å². The van der Waals surface area contributed by atoms with E-state index in [4.69, 9.17) is 20.7 Å². The van der Waals surface area contributed by atoms with Gasteiger partial charge in [0, 0.05) is 6.07 Å². The van der Waals surface area contributed by atoms with Crippen molar-refractivity contribution in [1.82, 2.24) is 0 Å². The Morgan fingerprint density at radius 2 is 1.96 bits per heavy atom. The van der Waals surface area contributed by atoms with Crippen LogP contribution in [0.15, 0.2) is 48.7 Å². The van der Waals surface area contributed by atoms with Crippen LogP contribution in [0.1, 0.15) is 12.5 Å². The van der Waals surface area contributed by atoms with Crippen molar-refractivity contribution in [3.8, 4) is 17.2 Å². The summed E-state index contributed by atoms with van der Waals surface area (Å²) in [7, 11) is 0. The fraction of sp³-hybridized carbons (Fsp3) is 0.167. The quantitative estimate of drug-likeness (QED) is 0.492. The minimum Gasteiger partial charge on any atom is -0.474 e. The van der Waals surface area contributed by atoms with E-state index in [0.717, 1.165) is 11.3 Å². The first-order valence-corrected chi connectivity index (χ1v) is 7.34. The first kappa shape index (κ1) is 17.6. The Kier molecular flexibility index (Phi) is 5.30. The van der Waals surface area contributed by atoms with E-state index in [1.165, 1.54) is 5.46 Å². The fourth-order valence-electron chi connectivity index (χ4n) is 2.53. The second-order valence-electron chi connectivity index (χ2n) is 5.46. The normalized spacial score (nSPS) is 12.0. The number of ether oxygens (including phenoxy) is 2. The third kappa shape index (κ3) is 3.59. The SMILES string of the molecule is O.[C-]#[N+]c1ccc(Oc2ccc3c(c2)COB3C)cc1OC(=C)C. The predicted octanol–water partition coefficient (Wildman–Crippen LogP) is 3.48. The molecule has 3 rings (SSSR count). The number of hydrogen-bond acceptors (Lipinski definition) is 3. The molecule has 122 valence electrons. The van der Waals surface area contributed by atoms with E-state index >= 15 is 0 Å². The van der Waals surface area contributed by atoms with Crippen molar-refractivity contribution in [2.75, 3.05) is 0 Å². The number of benzene rings is 2. The van der Waals surface area contributed by atoms with Crippen molar-refractivity contribution in [3.63, 3.8) is 0 Å². The largest absolute Gasteiger partial charge is 0.474 e. The number of nitrogens with zero attached hydrogens (tertiary/aromatic N) is 1. The predicted molar refractivity (Wildman–Crippen MR) is 94.3 cm³/mol. The van der Waals surface area contributed by atoms with Crippen LogP contribution in [-0.2, 0) is 11.3 Å². The molecule has 2 N–H and O–H groups in total. The summed E-state index contributed by atoms with van der Waals surface area (Å²) in [5.74, 6) is 2.32. The van der Waals surface area contributed by atoms with Crippen molar-refractivity contribution in [1.29, 1.82) is 0 Å². The highest BCUT2D eigenvalue weighted by Gasteiger charge is 2.23. The Balaban J connectivity index is 0.00000208. The lowest BCUT2D eigenvalue weighted by atomic mass is 9.64. The molecule has 1 aliphatic heterocycles. The van der Waals surface area contributed by atoms with Gasteiger partial charge in [-0.15, -0.1) is 0 Å². The number of allylic oxidation sites excluding steroid dienone is 1. The molecule has 0 bridgehead atoms. The molecular weight excluding hydrogens is 305 g/mol. The highest BCUT2D eigenvalue weighted by molar-refractivity contribution is 6.67. The molecule has 0 radical (unpaired) electrons. The van der Waals surface area contributed by atoms with Crippen LogP contribution in [0.2, 0.25) is 6.82 Å². The Bertz CT molecular complexity index is 813. The molecule has 24 heavy (non-hydrogen) atoms. The maximum absolute atomic E-state index is 7.18. The molecule has 0 spiro atoms. The lowest BCUT2D eigenvalue weighted by Gasteiger charge is -2.11. The molecule has 0 aromatic heterocycles. The molecule has 2 aromatic rings. The van der Waals surface area contributed by atoms with Gasteiger partial charge in [0.05, 0.1) is 18.9 Å². The van der Waals surface area contributed by atoms with Crippen LogP contribution in [0, 0.1) is 6.57 Å². The summed E-state index contributed by atoms with van der Waals surface area (Å²) in [4.78, 5) is 3.44. The van der Waals surface area contributed by atoms with Crippen molar-refractivity contribution in [3.05, 3.63) is 65.7 Å². The molecule has 0 amide bonds. The van der Waals surface area contributed by atoms with Crippen LogP contribution in [0.5, 0.6) is 17.2 Å². The molecule has 5 nitrogen and oxygen atoms in total. The van der Waals surface area contributed by atoms with Gasteiger partial charge in [-0.1, -0.05) is 19.5 Å². The van der Waals surface area contributed by atoms with E-state index < -0.39 is 0 Å². The molecular formula is C18H18BNO4. The molecule has 2 aromatic carbocycles. The molecule has 0 unspecified atom stereocenters. The molecule has 0 fully saturated rings. The second-order valence-corrected chi connectivity index (χ2v) is 5.46. The van der Waals surface area contributed by atoms with Gasteiger partial charge in [0.15, 0.2) is 0 Å². The highest BCUT2D eigenvalue weighted by Crippen LogP contribution is 2.35. The van der Waals surface area contributed by atoms with Crippen molar-refractivity contribution >= 4 is 18.1 Å². The molecule has 6 heteroatoms. The van der Waals surface area contributed by atoms with E-state index in [9.17, 15) is 0 Å². The lowest BCUT2D eigenvalue weighted by Crippen LogP contribution is -2.23. The first-order valence-electron chi connectivity index (χ1n) is 7.34. The maximum atomic E-state index is 7.18. The van der Waals surface area contributed by atoms with Gasteiger partial charge in [0.2, 0.25) is 5.69 Å². The van der Waals surface area contributed by atoms with E-state index in [1.807, 2.05) is 25.0 Å². The van der Waals surface area contributed by atoms with Crippen molar-refractivity contribution in [2.24, 2.45) is 0 Å². The zero-order chi connectivity index (χ0) is 16.4. The minimum absolute atomic E-state index is 0. The standard InChI is InChI=1S/C18H16BNO3.H2O/c1-12(2)22-18-10-15(6-8-17(18)20-4)23-14-5-7-16-13(9-14)11-21-19(16)3;/h5-10H,1,11H2,2-3H3;1H2. The summed E-state index contributed by atoms with van der Waals surface area (Å²) in [6, 6.07) is 11.1. The van der Waals surface area contributed by atoms with Gasteiger partial charge in [-0.05, 0) is 42.2 Å². The van der Waals surface area contributed by atoms with Crippen LogP contribution < -0.4 is 14.9 Å². The Morgan fingerprint density at radius 3 is 2.67 bits per heavy atom. The fourth-order valence-corrected chi connectivity index (χ4v) is 2.53. The zero-order valence-electron chi connectivity index (χ0n) is 13.6. The van der Waals surface area contributed by atoms with Gasteiger partial charge in [0.1, 0.15) is 17.2 Å². The van der Waals surface area contributed by atoms with Gasteiger partial charge in [-0.25, -0.2) is 4.85 Å². The number of hydrogen-bond donors (Lipinski definition) is 0. The maximum Gasteiger partial charge on any atom is 0.324 e. The van der Waals surface area contributed by atoms with Gasteiger partial charge >= 0.3 is 6.92 Å². The van der Waals surface area contributed by atoms with Crippen LogP contribution >= 0.6 is 0 Å². The Hall–Kier alpha value is -2.75. The molecule has 0 atom stereocenters. The third-order valence-corrected chi connectivity index (χ3v) is 3.61. The Labute approximate surface area is 141 Å². The zero-order valence-corrected chi connectivity index (χ0v) is 13.6. The van der Waals surface area contributed by atoms with E-state index in [-0.39, 0.29) is 12.4 Å². The van der Waals surface area contributed by atoms with Gasteiger partial charge in [0.25, 0.3) is 0 Å². The Morgan fingerprint density at radius 1 is 1.25 bits per heavy atom. The summed E-state index contributed by atoms with van der Waals surface area (Å²) >= 11 is 0. The molecule has 0 saturated heterocycles. The smallest absolute Gasteiger partial charge is 0.324 e. The van der Waals surface area contributed by atoms with Crippen LogP contribution in [0.25, 0.3) is 4.85 Å². The van der Waals surface area contributed by atoms with Gasteiger partial charge in [-0.3, -0.25) is 0 Å². The summed E-state index contributed by atoms with van der Waals surface area (Å²) < 4.78 is 17.0. The topological polar surface area (TPSA) is 63.6 Å². The molecule has 1 heterocycles. The van der Waals surface area contributed by atoms with Crippen LogP contribution in [-0.4, -0.2) is 12.4 Å². The van der Waals surface area contributed by atoms with Crippen molar-refractivity contribution < 1.29 is 19.6 Å². The summed E-state index contributed by atoms with van der Waals surface area (Å²) in [5, 5.41) is 0.